The minimum Gasteiger partial charge on any atom is -0.493 e. The summed E-state index contributed by atoms with van der Waals surface area (Å²) in [7, 11) is 3.10. The molecule has 0 aliphatic carbocycles. The van der Waals surface area contributed by atoms with Crippen molar-refractivity contribution in [2.45, 2.75) is 0 Å². The first-order chi connectivity index (χ1) is 9.60. The molecule has 0 heterocycles. The Morgan fingerprint density at radius 2 is 1.70 bits per heavy atom. The molecule has 0 aliphatic rings. The van der Waals surface area contributed by atoms with Crippen LogP contribution in [-0.2, 0) is 0 Å². The Labute approximate surface area is 125 Å². The number of benzene rings is 2. The molecule has 0 atom stereocenters. The van der Waals surface area contributed by atoms with Gasteiger partial charge in [-0.2, -0.15) is 0 Å². The molecule has 20 heavy (non-hydrogen) atoms. The number of hydrogen-bond donors (Lipinski definition) is 1. The number of nitrogen functional groups attached to an aromatic ring is 1. The summed E-state index contributed by atoms with van der Waals surface area (Å²) in [5.41, 5.74) is 8.61. The number of halogens is 1. The fourth-order valence-corrected chi connectivity index (χ4v) is 2.35. The van der Waals surface area contributed by atoms with Crippen molar-refractivity contribution >= 4 is 27.9 Å². The zero-order valence-corrected chi connectivity index (χ0v) is 12.7. The van der Waals surface area contributed by atoms with Crippen molar-refractivity contribution in [3.8, 4) is 22.6 Å². The molecule has 0 aliphatic heterocycles. The van der Waals surface area contributed by atoms with E-state index < -0.39 is 0 Å². The number of carbonyl (C=O) groups excluding carboxylic acids is 1. The van der Waals surface area contributed by atoms with Crippen LogP contribution >= 0.6 is 15.9 Å². The predicted octanol–water partition coefficient (Wildman–Crippen LogP) is 3.53. The standard InChI is InChI=1S/C15H14BrNO3/c1-19-14-6-12(13(17)7-15(14)20-2)11-5-10(16)4-3-9(11)8-18/h3-8H,17H2,1-2H3. The number of ether oxygens (including phenoxy) is 2. The lowest BCUT2D eigenvalue weighted by atomic mass is 9.98. The second kappa shape index (κ2) is 5.96. The highest BCUT2D eigenvalue weighted by molar-refractivity contribution is 9.10. The van der Waals surface area contributed by atoms with E-state index in [1.807, 2.05) is 12.1 Å². The molecule has 0 radical (unpaired) electrons. The summed E-state index contributed by atoms with van der Waals surface area (Å²) in [5, 5.41) is 0. The second-order valence-corrected chi connectivity index (χ2v) is 5.06. The summed E-state index contributed by atoms with van der Waals surface area (Å²) in [5.74, 6) is 1.12. The Hall–Kier alpha value is -2.01. The molecule has 0 bridgehead atoms. The minimum atomic E-state index is 0.517. The Morgan fingerprint density at radius 3 is 2.30 bits per heavy atom. The average Bonchev–Trinajstić information content (AvgIpc) is 2.46. The summed E-state index contributed by atoms with van der Waals surface area (Å²) < 4.78 is 11.3. The SMILES string of the molecule is COc1cc(N)c(-c2cc(Br)ccc2C=O)cc1OC. The topological polar surface area (TPSA) is 61.5 Å². The van der Waals surface area contributed by atoms with E-state index in [0.29, 0.717) is 22.7 Å². The van der Waals surface area contributed by atoms with Crippen LogP contribution in [0, 0.1) is 0 Å². The van der Waals surface area contributed by atoms with Crippen LogP contribution in [-0.4, -0.2) is 20.5 Å². The molecule has 0 unspecified atom stereocenters. The Balaban J connectivity index is 2.69. The van der Waals surface area contributed by atoms with Gasteiger partial charge in [-0.25, -0.2) is 0 Å². The van der Waals surface area contributed by atoms with Crippen LogP contribution in [0.1, 0.15) is 10.4 Å². The molecule has 2 aromatic carbocycles. The monoisotopic (exact) mass is 335 g/mol. The predicted molar refractivity (Wildman–Crippen MR) is 82.5 cm³/mol. The molecule has 0 aromatic heterocycles. The van der Waals surface area contributed by atoms with Gasteiger partial charge in [0.05, 0.1) is 14.2 Å². The normalized spacial score (nSPS) is 10.2. The van der Waals surface area contributed by atoms with Crippen molar-refractivity contribution < 1.29 is 14.3 Å². The Bertz CT molecular complexity index is 656. The molecule has 0 fully saturated rings. The van der Waals surface area contributed by atoms with Gasteiger partial charge in [0.2, 0.25) is 0 Å². The molecule has 0 spiro atoms. The van der Waals surface area contributed by atoms with Gasteiger partial charge in [0.1, 0.15) is 0 Å². The van der Waals surface area contributed by atoms with E-state index in [1.165, 1.54) is 0 Å². The summed E-state index contributed by atoms with van der Waals surface area (Å²) in [6, 6.07) is 8.85. The smallest absolute Gasteiger partial charge is 0.162 e. The first-order valence-electron chi connectivity index (χ1n) is 5.87. The summed E-state index contributed by atoms with van der Waals surface area (Å²) in [6.45, 7) is 0. The zero-order chi connectivity index (χ0) is 14.7. The highest BCUT2D eigenvalue weighted by Gasteiger charge is 2.13. The van der Waals surface area contributed by atoms with Gasteiger partial charge < -0.3 is 15.2 Å². The van der Waals surface area contributed by atoms with Crippen molar-refractivity contribution in [1.29, 1.82) is 0 Å². The van der Waals surface area contributed by atoms with Crippen LogP contribution in [0.25, 0.3) is 11.1 Å². The first-order valence-corrected chi connectivity index (χ1v) is 6.66. The lowest BCUT2D eigenvalue weighted by Crippen LogP contribution is -1.98. The van der Waals surface area contributed by atoms with Gasteiger partial charge in [0.25, 0.3) is 0 Å². The van der Waals surface area contributed by atoms with Crippen molar-refractivity contribution in [2.75, 3.05) is 20.0 Å². The quantitative estimate of drug-likeness (QED) is 0.685. The fraction of sp³-hybridized carbons (Fsp3) is 0.133. The van der Waals surface area contributed by atoms with E-state index in [9.17, 15) is 4.79 Å². The average molecular weight is 336 g/mol. The maximum absolute atomic E-state index is 11.2. The number of nitrogens with two attached hydrogens (primary N) is 1. The van der Waals surface area contributed by atoms with Gasteiger partial charge >= 0.3 is 0 Å². The van der Waals surface area contributed by atoms with Gasteiger partial charge in [0, 0.05) is 27.4 Å². The number of rotatable bonds is 4. The molecule has 104 valence electrons. The Morgan fingerprint density at radius 1 is 1.05 bits per heavy atom. The van der Waals surface area contributed by atoms with Crippen molar-refractivity contribution in [2.24, 2.45) is 0 Å². The van der Waals surface area contributed by atoms with Crippen LogP contribution in [0.5, 0.6) is 11.5 Å². The van der Waals surface area contributed by atoms with Crippen molar-refractivity contribution in [3.63, 3.8) is 0 Å². The van der Waals surface area contributed by atoms with E-state index in [4.69, 9.17) is 15.2 Å². The molecular weight excluding hydrogens is 322 g/mol. The second-order valence-electron chi connectivity index (χ2n) is 4.14. The third-order valence-corrected chi connectivity index (χ3v) is 3.48. The summed E-state index contributed by atoms with van der Waals surface area (Å²) in [6.07, 6.45) is 0.803. The number of aldehydes is 1. The largest absolute Gasteiger partial charge is 0.493 e. The molecule has 0 saturated carbocycles. The van der Waals surface area contributed by atoms with Gasteiger partial charge in [-0.1, -0.05) is 15.9 Å². The van der Waals surface area contributed by atoms with Crippen LogP contribution in [0.4, 0.5) is 5.69 Å². The molecule has 2 rings (SSSR count). The van der Waals surface area contributed by atoms with Gasteiger partial charge in [0.15, 0.2) is 17.8 Å². The number of anilines is 1. The number of carbonyl (C=O) groups is 1. The highest BCUT2D eigenvalue weighted by atomic mass is 79.9. The molecule has 4 nitrogen and oxygen atoms in total. The third-order valence-electron chi connectivity index (χ3n) is 2.99. The number of hydrogen-bond acceptors (Lipinski definition) is 4. The van der Waals surface area contributed by atoms with Gasteiger partial charge in [-0.3, -0.25) is 4.79 Å². The van der Waals surface area contributed by atoms with Crippen LogP contribution in [0.3, 0.4) is 0 Å². The maximum atomic E-state index is 11.2. The molecule has 5 heteroatoms. The molecule has 2 N–H and O–H groups in total. The lowest BCUT2D eigenvalue weighted by molar-refractivity contribution is 0.112. The highest BCUT2D eigenvalue weighted by Crippen LogP contribution is 2.38. The molecule has 0 amide bonds. The van der Waals surface area contributed by atoms with Crippen molar-refractivity contribution in [1.82, 2.24) is 0 Å². The number of methoxy groups -OCH3 is 2. The van der Waals surface area contributed by atoms with Gasteiger partial charge in [-0.15, -0.1) is 0 Å². The molecular formula is C15H14BrNO3. The molecule has 0 saturated heterocycles. The van der Waals surface area contributed by atoms with Gasteiger partial charge in [-0.05, 0) is 29.8 Å². The maximum Gasteiger partial charge on any atom is 0.162 e. The lowest BCUT2D eigenvalue weighted by Gasteiger charge is -2.14. The van der Waals surface area contributed by atoms with Crippen LogP contribution in [0.2, 0.25) is 0 Å². The van der Waals surface area contributed by atoms with E-state index in [2.05, 4.69) is 15.9 Å². The minimum absolute atomic E-state index is 0.517. The van der Waals surface area contributed by atoms with E-state index in [0.717, 1.165) is 21.9 Å². The Kier molecular flexibility index (Phi) is 4.29. The molecule has 2 aromatic rings. The van der Waals surface area contributed by atoms with E-state index in [1.54, 1.807) is 32.4 Å². The first kappa shape index (κ1) is 14.4. The van der Waals surface area contributed by atoms with Crippen molar-refractivity contribution in [3.05, 3.63) is 40.4 Å². The van der Waals surface area contributed by atoms with Crippen LogP contribution < -0.4 is 15.2 Å². The van der Waals surface area contributed by atoms with E-state index >= 15 is 0 Å². The zero-order valence-electron chi connectivity index (χ0n) is 11.1. The van der Waals surface area contributed by atoms with Crippen LogP contribution in [0.15, 0.2) is 34.8 Å². The summed E-state index contributed by atoms with van der Waals surface area (Å²) in [4.78, 5) is 11.2. The van der Waals surface area contributed by atoms with E-state index in [-0.39, 0.29) is 0 Å². The fourth-order valence-electron chi connectivity index (χ4n) is 1.99. The summed E-state index contributed by atoms with van der Waals surface area (Å²) >= 11 is 3.40. The third kappa shape index (κ3) is 2.63.